The average Bonchev–Trinajstić information content (AvgIpc) is 2.83. The van der Waals surface area contributed by atoms with Crippen LogP contribution >= 0.6 is 0 Å². The van der Waals surface area contributed by atoms with E-state index in [1.165, 1.54) is 6.07 Å². The molecule has 6 nitrogen and oxygen atoms in total. The molecule has 0 aromatic heterocycles. The third-order valence-corrected chi connectivity index (χ3v) is 8.31. The van der Waals surface area contributed by atoms with Gasteiger partial charge in [-0.25, -0.2) is 12.8 Å². The molecule has 1 aliphatic heterocycles. The summed E-state index contributed by atoms with van der Waals surface area (Å²) in [7, 11) is -3.96. The lowest BCUT2D eigenvalue weighted by molar-refractivity contribution is -0.133. The van der Waals surface area contributed by atoms with Crippen LogP contribution < -0.4 is 9.62 Å². The molecule has 0 bridgehead atoms. The van der Waals surface area contributed by atoms with Gasteiger partial charge in [-0.2, -0.15) is 4.72 Å². The van der Waals surface area contributed by atoms with Gasteiger partial charge in [0.05, 0.1) is 10.6 Å². The Labute approximate surface area is 212 Å². The number of amides is 1. The number of sulfonamides is 1. The number of piperazine rings is 1. The maximum absolute atomic E-state index is 14.2. The monoisotopic (exact) mass is 509 g/mol. The number of nitrogens with zero attached hydrogens (tertiary/aromatic N) is 2. The molecule has 36 heavy (non-hydrogen) atoms. The number of hydrogen-bond donors (Lipinski definition) is 1. The highest BCUT2D eigenvalue weighted by Gasteiger charge is 2.33. The van der Waals surface area contributed by atoms with Crippen LogP contribution in [0.4, 0.5) is 10.1 Å². The fourth-order valence-corrected chi connectivity index (χ4v) is 6.60. The topological polar surface area (TPSA) is 69.7 Å². The Morgan fingerprint density at radius 1 is 0.917 bits per heavy atom. The van der Waals surface area contributed by atoms with Gasteiger partial charge in [-0.1, -0.05) is 60.2 Å². The normalized spacial score (nSPS) is 15.1. The molecule has 1 aliphatic rings. The molecule has 0 radical (unpaired) electrons. The summed E-state index contributed by atoms with van der Waals surface area (Å²) in [6, 6.07) is 18.7. The summed E-state index contributed by atoms with van der Waals surface area (Å²) in [4.78, 5) is 17.4. The Hall–Kier alpha value is -3.23. The fourth-order valence-electron chi connectivity index (χ4n) is 4.96. The van der Waals surface area contributed by atoms with Gasteiger partial charge in [0, 0.05) is 26.2 Å². The molecule has 1 amide bonds. The first-order valence-electron chi connectivity index (χ1n) is 12.1. The van der Waals surface area contributed by atoms with Gasteiger partial charge in [-0.05, 0) is 56.0 Å². The van der Waals surface area contributed by atoms with Crippen molar-refractivity contribution < 1.29 is 17.6 Å². The summed E-state index contributed by atoms with van der Waals surface area (Å²) in [5, 5.41) is 0. The van der Waals surface area contributed by atoms with Gasteiger partial charge in [0.1, 0.15) is 11.9 Å². The van der Waals surface area contributed by atoms with Crippen molar-refractivity contribution in [3.05, 3.63) is 94.8 Å². The van der Waals surface area contributed by atoms with E-state index in [9.17, 15) is 17.6 Å². The van der Waals surface area contributed by atoms with E-state index in [1.54, 1.807) is 36.9 Å². The van der Waals surface area contributed by atoms with Crippen molar-refractivity contribution in [2.75, 3.05) is 31.1 Å². The largest absolute Gasteiger partial charge is 0.366 e. The molecule has 0 aliphatic carbocycles. The number of nitrogens with one attached hydrogen (secondary N) is 1. The van der Waals surface area contributed by atoms with Crippen molar-refractivity contribution in [3.8, 4) is 0 Å². The molecule has 1 fully saturated rings. The minimum Gasteiger partial charge on any atom is -0.366 e. The molecule has 1 heterocycles. The zero-order valence-electron chi connectivity index (χ0n) is 20.9. The van der Waals surface area contributed by atoms with E-state index >= 15 is 0 Å². The summed E-state index contributed by atoms with van der Waals surface area (Å²) in [5.74, 6) is -0.575. The Bertz CT molecular complexity index is 1310. The second kappa shape index (κ2) is 10.8. The first-order chi connectivity index (χ1) is 17.2. The number of aryl methyl sites for hydroxylation is 3. The summed E-state index contributed by atoms with van der Waals surface area (Å²) in [6.45, 7) is 7.15. The fraction of sp³-hybridized carbons (Fsp3) is 0.321. The smallest absolute Gasteiger partial charge is 0.241 e. The Kier molecular flexibility index (Phi) is 7.76. The molecule has 0 saturated carbocycles. The second-order valence-electron chi connectivity index (χ2n) is 9.36. The standard InChI is InChI=1S/C28H32FN3O3S/c1-20-17-21(2)27(22(3)18-20)36(34,35)30-25(19-23-9-5-4-6-10-23)28(33)32-15-13-31(14-16-32)26-12-8-7-11-24(26)29/h4-12,17-18,25,30H,13-16,19H2,1-3H3/t25-/m0/s1. The van der Waals surface area contributed by atoms with E-state index in [1.807, 2.05) is 54.3 Å². The van der Waals surface area contributed by atoms with Crippen molar-refractivity contribution in [1.29, 1.82) is 0 Å². The van der Waals surface area contributed by atoms with Crippen LogP contribution in [0.25, 0.3) is 0 Å². The molecule has 1 N–H and O–H groups in total. The van der Waals surface area contributed by atoms with E-state index in [0.717, 1.165) is 11.1 Å². The molecule has 190 valence electrons. The molecule has 0 spiro atoms. The number of hydrogen-bond acceptors (Lipinski definition) is 4. The van der Waals surface area contributed by atoms with Crippen LogP contribution in [0, 0.1) is 26.6 Å². The highest BCUT2D eigenvalue weighted by Crippen LogP contribution is 2.24. The number of halogens is 1. The third kappa shape index (κ3) is 5.77. The first-order valence-corrected chi connectivity index (χ1v) is 13.6. The molecule has 8 heteroatoms. The van der Waals surface area contributed by atoms with Gasteiger partial charge < -0.3 is 9.80 Å². The van der Waals surface area contributed by atoms with Crippen molar-refractivity contribution in [3.63, 3.8) is 0 Å². The second-order valence-corrected chi connectivity index (χ2v) is 11.0. The lowest BCUT2D eigenvalue weighted by Gasteiger charge is -2.37. The maximum atomic E-state index is 14.2. The SMILES string of the molecule is Cc1cc(C)c(S(=O)(=O)N[C@@H](Cc2ccccc2)C(=O)N2CCN(c3ccccc3F)CC2)c(C)c1. The molecular weight excluding hydrogens is 477 g/mol. The number of para-hydroxylation sites is 1. The van der Waals surface area contributed by atoms with Crippen molar-refractivity contribution >= 4 is 21.6 Å². The predicted molar refractivity (Wildman–Crippen MR) is 140 cm³/mol. The Morgan fingerprint density at radius 2 is 1.50 bits per heavy atom. The molecule has 3 aromatic carbocycles. The van der Waals surface area contributed by atoms with E-state index in [2.05, 4.69) is 4.72 Å². The molecule has 4 rings (SSSR count). The van der Waals surface area contributed by atoms with Crippen LogP contribution in [0.15, 0.2) is 71.6 Å². The maximum Gasteiger partial charge on any atom is 0.241 e. The predicted octanol–water partition coefficient (Wildman–Crippen LogP) is 3.99. The summed E-state index contributed by atoms with van der Waals surface area (Å²) < 4.78 is 44.0. The summed E-state index contributed by atoms with van der Waals surface area (Å²) in [6.07, 6.45) is 0.233. The van der Waals surface area contributed by atoms with Gasteiger partial charge >= 0.3 is 0 Å². The van der Waals surface area contributed by atoms with Crippen molar-refractivity contribution in [2.45, 2.75) is 38.1 Å². The minimum atomic E-state index is -3.96. The van der Waals surface area contributed by atoms with Gasteiger partial charge in [-0.3, -0.25) is 4.79 Å². The summed E-state index contributed by atoms with van der Waals surface area (Å²) in [5.41, 5.74) is 3.64. The Balaban J connectivity index is 1.56. The van der Waals surface area contributed by atoms with E-state index in [4.69, 9.17) is 0 Å². The van der Waals surface area contributed by atoms with Crippen LogP contribution in [0.2, 0.25) is 0 Å². The molecule has 0 unspecified atom stereocenters. The highest BCUT2D eigenvalue weighted by molar-refractivity contribution is 7.89. The molecule has 3 aromatic rings. The zero-order valence-corrected chi connectivity index (χ0v) is 21.7. The number of anilines is 1. The number of rotatable bonds is 7. The van der Waals surface area contributed by atoms with Crippen LogP contribution in [-0.4, -0.2) is 51.4 Å². The van der Waals surface area contributed by atoms with Crippen molar-refractivity contribution in [2.24, 2.45) is 0 Å². The quantitative estimate of drug-likeness (QED) is 0.523. The molecule has 1 saturated heterocycles. The number of benzene rings is 3. The lowest BCUT2D eigenvalue weighted by Crippen LogP contribution is -2.55. The minimum absolute atomic E-state index is 0.211. The van der Waals surface area contributed by atoms with E-state index < -0.39 is 16.1 Å². The third-order valence-electron chi connectivity index (χ3n) is 6.54. The van der Waals surface area contributed by atoms with Gasteiger partial charge in [0.2, 0.25) is 15.9 Å². The number of carbonyl (C=O) groups excluding carboxylic acids is 1. The molecular formula is C28H32FN3O3S. The van der Waals surface area contributed by atoms with E-state index in [-0.39, 0.29) is 23.0 Å². The first kappa shape index (κ1) is 25.9. The van der Waals surface area contributed by atoms with Gasteiger partial charge in [0.15, 0.2) is 0 Å². The Morgan fingerprint density at radius 3 is 2.11 bits per heavy atom. The van der Waals surface area contributed by atoms with Crippen LogP contribution in [0.5, 0.6) is 0 Å². The summed E-state index contributed by atoms with van der Waals surface area (Å²) >= 11 is 0. The average molecular weight is 510 g/mol. The zero-order chi connectivity index (χ0) is 25.9. The van der Waals surface area contributed by atoms with Crippen LogP contribution in [-0.2, 0) is 21.2 Å². The van der Waals surface area contributed by atoms with Gasteiger partial charge in [-0.15, -0.1) is 0 Å². The lowest BCUT2D eigenvalue weighted by atomic mass is 10.1. The van der Waals surface area contributed by atoms with Crippen molar-refractivity contribution in [1.82, 2.24) is 9.62 Å². The molecule has 1 atom stereocenters. The van der Waals surface area contributed by atoms with Crippen LogP contribution in [0.3, 0.4) is 0 Å². The van der Waals surface area contributed by atoms with E-state index in [0.29, 0.717) is 43.0 Å². The number of carbonyl (C=O) groups is 1. The van der Waals surface area contributed by atoms with Crippen LogP contribution in [0.1, 0.15) is 22.3 Å². The highest BCUT2D eigenvalue weighted by atomic mass is 32.2. The van der Waals surface area contributed by atoms with Gasteiger partial charge in [0.25, 0.3) is 0 Å².